The van der Waals surface area contributed by atoms with Crippen LogP contribution in [0.15, 0.2) is 48.5 Å². The maximum atomic E-state index is 16.2. The largest absolute Gasteiger partial charge is 0.838 e. The van der Waals surface area contributed by atoms with Crippen molar-refractivity contribution in [3.05, 3.63) is 71.0 Å². The minimum absolute atomic E-state index is 0.214. The summed E-state index contributed by atoms with van der Waals surface area (Å²) in [5.41, 5.74) is 5.73. The van der Waals surface area contributed by atoms with E-state index in [1.165, 1.54) is 0 Å². The Hall–Kier alpha value is -2.62. The number of halogens is 1. The van der Waals surface area contributed by atoms with E-state index in [0.29, 0.717) is 0 Å². The summed E-state index contributed by atoms with van der Waals surface area (Å²) in [6.07, 6.45) is 2.15. The zero-order valence-electron chi connectivity index (χ0n) is 19.1. The van der Waals surface area contributed by atoms with Crippen LogP contribution in [0.5, 0.6) is 0 Å². The van der Waals surface area contributed by atoms with Crippen LogP contribution in [0.3, 0.4) is 0 Å². The Balaban J connectivity index is 2.18. The number of benzene rings is 2. The Kier molecular flexibility index (Phi) is 4.80. The Labute approximate surface area is 179 Å². The molecule has 1 aliphatic heterocycles. The van der Waals surface area contributed by atoms with Crippen molar-refractivity contribution in [1.82, 2.24) is 4.48 Å². The molecule has 0 saturated carbocycles. The van der Waals surface area contributed by atoms with Crippen LogP contribution in [0.2, 0.25) is 0 Å². The minimum atomic E-state index is -1.37. The zero-order valence-corrected chi connectivity index (χ0v) is 19.1. The summed E-state index contributed by atoms with van der Waals surface area (Å²) in [6.45, 7) is 15.0. The molecule has 0 aliphatic carbocycles. The lowest BCUT2D eigenvalue weighted by Crippen LogP contribution is -2.86. The SMILES string of the molecule is C/C1=C\c2c3ccccc3c(C(C)(C)C)n2B(F)/[NH+]=C(\C(C)(C)C)c2ccccc21. The smallest absolute Gasteiger partial charge is 0.289 e. The number of rotatable bonds is 0. The van der Waals surface area contributed by atoms with Crippen LogP contribution in [0.1, 0.15) is 71.0 Å². The molecule has 3 aromatic rings. The molecule has 0 unspecified atom stereocenters. The van der Waals surface area contributed by atoms with Gasteiger partial charge in [0.15, 0.2) is 5.71 Å². The summed E-state index contributed by atoms with van der Waals surface area (Å²) < 4.78 is 18.1. The Bertz CT molecular complexity index is 1190. The van der Waals surface area contributed by atoms with Crippen molar-refractivity contribution in [2.45, 2.75) is 53.9 Å². The fourth-order valence-corrected chi connectivity index (χ4v) is 4.65. The van der Waals surface area contributed by atoms with Gasteiger partial charge < -0.3 is 0 Å². The van der Waals surface area contributed by atoms with E-state index in [1.54, 1.807) is 0 Å². The Morgan fingerprint density at radius 1 is 0.800 bits per heavy atom. The highest BCUT2D eigenvalue weighted by Gasteiger charge is 2.42. The van der Waals surface area contributed by atoms with E-state index >= 15 is 4.32 Å². The van der Waals surface area contributed by atoms with E-state index < -0.39 is 7.26 Å². The van der Waals surface area contributed by atoms with Gasteiger partial charge >= 0.3 is 7.26 Å². The van der Waals surface area contributed by atoms with Crippen molar-refractivity contribution in [2.24, 2.45) is 5.41 Å². The molecule has 0 fully saturated rings. The van der Waals surface area contributed by atoms with E-state index in [4.69, 9.17) is 0 Å². The van der Waals surface area contributed by atoms with Gasteiger partial charge in [-0.25, -0.2) is 4.32 Å². The van der Waals surface area contributed by atoms with E-state index in [0.717, 1.165) is 44.6 Å². The second-order valence-electron chi connectivity index (χ2n) is 10.4. The fourth-order valence-electron chi connectivity index (χ4n) is 4.65. The molecule has 2 heterocycles. The predicted octanol–water partition coefficient (Wildman–Crippen LogP) is 5.23. The molecule has 2 aromatic carbocycles. The molecule has 1 aliphatic rings. The van der Waals surface area contributed by atoms with Gasteiger partial charge in [-0.15, -0.1) is 0 Å². The highest BCUT2D eigenvalue weighted by molar-refractivity contribution is 6.41. The van der Waals surface area contributed by atoms with Gasteiger partial charge in [0, 0.05) is 38.6 Å². The van der Waals surface area contributed by atoms with Crippen LogP contribution in [0.4, 0.5) is 4.32 Å². The Morgan fingerprint density at radius 2 is 1.37 bits per heavy atom. The summed E-state index contributed by atoms with van der Waals surface area (Å²) in [5.74, 6) is 0. The maximum Gasteiger partial charge on any atom is 0.838 e. The summed E-state index contributed by atoms with van der Waals surface area (Å²) in [7, 11) is -1.37. The van der Waals surface area contributed by atoms with Crippen molar-refractivity contribution < 1.29 is 9.22 Å². The maximum absolute atomic E-state index is 16.2. The van der Waals surface area contributed by atoms with Crippen molar-refractivity contribution in [2.75, 3.05) is 0 Å². The van der Waals surface area contributed by atoms with Gasteiger partial charge in [-0.1, -0.05) is 84.0 Å². The molecule has 0 spiro atoms. The molecule has 1 N–H and O–H groups in total. The number of hydrogen-bond donors (Lipinski definition) is 1. The van der Waals surface area contributed by atoms with E-state index in [-0.39, 0.29) is 10.8 Å². The van der Waals surface area contributed by atoms with Crippen molar-refractivity contribution in [3.8, 4) is 0 Å². The average molecular weight is 401 g/mol. The van der Waals surface area contributed by atoms with E-state index in [2.05, 4.69) is 89.8 Å². The van der Waals surface area contributed by atoms with Crippen molar-refractivity contribution in [3.63, 3.8) is 0 Å². The van der Waals surface area contributed by atoms with Gasteiger partial charge in [0.05, 0.1) is 0 Å². The molecule has 0 amide bonds. The summed E-state index contributed by atoms with van der Waals surface area (Å²) in [6, 6.07) is 16.6. The monoisotopic (exact) mass is 401 g/mol. The lowest BCUT2D eigenvalue weighted by molar-refractivity contribution is -0.316. The number of hydrogen-bond acceptors (Lipinski definition) is 0. The topological polar surface area (TPSA) is 18.9 Å². The second kappa shape index (κ2) is 6.97. The van der Waals surface area contributed by atoms with E-state index in [1.807, 2.05) is 22.7 Å². The fraction of sp³-hybridized carbons (Fsp3) is 0.346. The number of fused-ring (bicyclic) bond motifs is 4. The van der Waals surface area contributed by atoms with Crippen LogP contribution in [0.25, 0.3) is 22.4 Å². The van der Waals surface area contributed by atoms with Gasteiger partial charge in [-0.3, -0.25) is 9.38 Å². The second-order valence-corrected chi connectivity index (χ2v) is 10.4. The molecule has 0 radical (unpaired) electrons. The van der Waals surface area contributed by atoms with Gasteiger partial charge in [-0.2, -0.15) is 0 Å². The number of nitrogens with zero attached hydrogens (tertiary/aromatic N) is 1. The molecule has 154 valence electrons. The quantitative estimate of drug-likeness (QED) is 0.498. The average Bonchev–Trinajstić information content (AvgIpc) is 3.00. The third kappa shape index (κ3) is 3.32. The molecule has 4 heteroatoms. The highest BCUT2D eigenvalue weighted by Crippen LogP contribution is 2.37. The molecule has 1 aromatic heterocycles. The molecule has 4 rings (SSSR count). The number of aromatic nitrogens is 1. The lowest BCUT2D eigenvalue weighted by atomic mass is 9.81. The molecule has 30 heavy (non-hydrogen) atoms. The third-order valence-electron chi connectivity index (χ3n) is 5.88. The lowest BCUT2D eigenvalue weighted by Gasteiger charge is -2.22. The first kappa shape index (κ1) is 20.6. The van der Waals surface area contributed by atoms with Gasteiger partial charge in [0.25, 0.3) is 0 Å². The van der Waals surface area contributed by atoms with E-state index in [9.17, 15) is 0 Å². The first-order chi connectivity index (χ1) is 14.0. The standard InChI is InChI=1S/C26H30BFN2/c1-17-16-22-19-13-9-11-15-21(19)24(26(5,6)7)30(22)27(28)29-23(25(2,3)4)20-14-10-8-12-18(17)20/h8-16H,1-7H3/p+1/b17-16+,29-23-. The summed E-state index contributed by atoms with van der Waals surface area (Å²) >= 11 is 0. The highest BCUT2D eigenvalue weighted by atomic mass is 19.1. The number of nitrogens with one attached hydrogen (secondary N) is 1. The van der Waals surface area contributed by atoms with Gasteiger partial charge in [0.2, 0.25) is 0 Å². The Morgan fingerprint density at radius 3 is 1.97 bits per heavy atom. The summed E-state index contributed by atoms with van der Waals surface area (Å²) in [4.78, 5) is 3.28. The van der Waals surface area contributed by atoms with Gasteiger partial charge in [0.1, 0.15) is 0 Å². The van der Waals surface area contributed by atoms with Crippen LogP contribution < -0.4 is 4.90 Å². The third-order valence-corrected chi connectivity index (χ3v) is 5.88. The summed E-state index contributed by atoms with van der Waals surface area (Å²) in [5, 5.41) is 2.20. The molecular weight excluding hydrogens is 370 g/mol. The van der Waals surface area contributed by atoms with Gasteiger partial charge in [-0.05, 0) is 30.2 Å². The van der Waals surface area contributed by atoms with Crippen LogP contribution >= 0.6 is 0 Å². The first-order valence-corrected chi connectivity index (χ1v) is 10.7. The molecule has 0 bridgehead atoms. The van der Waals surface area contributed by atoms with Crippen LogP contribution in [-0.4, -0.2) is 17.4 Å². The first-order valence-electron chi connectivity index (χ1n) is 10.7. The molecular formula is C26H31BFN2+. The van der Waals surface area contributed by atoms with Crippen molar-refractivity contribution >= 4 is 35.4 Å². The number of allylic oxidation sites excluding steroid dienone is 1. The molecule has 0 saturated heterocycles. The zero-order chi connectivity index (χ0) is 21.8. The predicted molar refractivity (Wildman–Crippen MR) is 127 cm³/mol. The normalized spacial score (nSPS) is 18.5. The minimum Gasteiger partial charge on any atom is -0.289 e. The molecule has 2 nitrogen and oxygen atoms in total. The van der Waals surface area contributed by atoms with Crippen LogP contribution in [-0.2, 0) is 5.41 Å². The van der Waals surface area contributed by atoms with Crippen LogP contribution in [0, 0.1) is 5.41 Å². The molecule has 0 atom stereocenters. The van der Waals surface area contributed by atoms with Crippen molar-refractivity contribution in [1.29, 1.82) is 0 Å².